The normalized spacial score (nSPS) is 13.3. The van der Waals surface area contributed by atoms with E-state index >= 15 is 0 Å². The number of likely N-dealkylation sites (N-methyl/N-ethyl adjacent to an activating group) is 1. The standard InChI is InChI=1S/C6H13NO2/c1-6(9-5-8)4-7(2)3/h5-6H,4H2,1-3H3/t6-/m0/s1. The molecule has 0 saturated heterocycles. The number of hydrogen-bond acceptors (Lipinski definition) is 3. The summed E-state index contributed by atoms with van der Waals surface area (Å²) in [5.74, 6) is 0. The van der Waals surface area contributed by atoms with Gasteiger partial charge in [0.05, 0.1) is 0 Å². The quantitative estimate of drug-likeness (QED) is 0.507. The molecule has 3 heteroatoms. The van der Waals surface area contributed by atoms with E-state index in [1.807, 2.05) is 25.9 Å². The van der Waals surface area contributed by atoms with Crippen LogP contribution in [0, 0.1) is 0 Å². The third kappa shape index (κ3) is 5.30. The topological polar surface area (TPSA) is 29.5 Å². The molecule has 3 nitrogen and oxygen atoms in total. The molecule has 0 saturated carbocycles. The van der Waals surface area contributed by atoms with Crippen LogP contribution in [0.15, 0.2) is 0 Å². The third-order valence-electron chi connectivity index (χ3n) is 0.910. The maximum atomic E-state index is 9.76. The van der Waals surface area contributed by atoms with Crippen molar-refractivity contribution in [2.75, 3.05) is 20.6 Å². The summed E-state index contributed by atoms with van der Waals surface area (Å²) in [6, 6.07) is 0. The predicted octanol–water partition coefficient (Wildman–Crippen LogP) is 0.109. The van der Waals surface area contributed by atoms with Crippen LogP contribution in [0.3, 0.4) is 0 Å². The molecule has 0 aromatic heterocycles. The highest BCUT2D eigenvalue weighted by atomic mass is 16.5. The Morgan fingerprint density at radius 1 is 1.67 bits per heavy atom. The summed E-state index contributed by atoms with van der Waals surface area (Å²) in [6.45, 7) is 3.11. The molecule has 0 aliphatic rings. The minimum atomic E-state index is -0.00231. The van der Waals surface area contributed by atoms with Gasteiger partial charge >= 0.3 is 0 Å². The van der Waals surface area contributed by atoms with Crippen LogP contribution >= 0.6 is 0 Å². The average Bonchev–Trinajstić information content (AvgIpc) is 1.63. The summed E-state index contributed by atoms with van der Waals surface area (Å²) in [5.41, 5.74) is 0. The van der Waals surface area contributed by atoms with Gasteiger partial charge in [0.25, 0.3) is 6.47 Å². The first-order chi connectivity index (χ1) is 4.16. The first kappa shape index (κ1) is 8.43. The Bertz CT molecular complexity index is 83.1. The van der Waals surface area contributed by atoms with Crippen molar-refractivity contribution in [2.24, 2.45) is 0 Å². The number of hydrogen-bond donors (Lipinski definition) is 0. The number of rotatable bonds is 4. The molecule has 0 aliphatic heterocycles. The van der Waals surface area contributed by atoms with Crippen LogP contribution in [0.2, 0.25) is 0 Å². The van der Waals surface area contributed by atoms with Crippen LogP contribution in [-0.2, 0) is 9.53 Å². The summed E-state index contributed by atoms with van der Waals surface area (Å²) < 4.78 is 4.63. The maximum Gasteiger partial charge on any atom is 0.293 e. The molecular weight excluding hydrogens is 118 g/mol. The molecule has 0 aliphatic carbocycles. The largest absolute Gasteiger partial charge is 0.464 e. The molecule has 54 valence electrons. The molecular formula is C6H13NO2. The average molecular weight is 131 g/mol. The van der Waals surface area contributed by atoms with Crippen LogP contribution in [0.5, 0.6) is 0 Å². The van der Waals surface area contributed by atoms with Crippen LogP contribution in [0.4, 0.5) is 0 Å². The summed E-state index contributed by atoms with van der Waals surface area (Å²) in [4.78, 5) is 11.7. The number of carbonyl (C=O) groups excluding carboxylic acids is 1. The molecule has 0 spiro atoms. The van der Waals surface area contributed by atoms with Gasteiger partial charge in [0.2, 0.25) is 0 Å². The first-order valence-electron chi connectivity index (χ1n) is 2.90. The second-order valence-electron chi connectivity index (χ2n) is 2.31. The van der Waals surface area contributed by atoms with Gasteiger partial charge in [-0.05, 0) is 21.0 Å². The minimum Gasteiger partial charge on any atom is -0.464 e. The van der Waals surface area contributed by atoms with E-state index in [1.54, 1.807) is 0 Å². The zero-order valence-corrected chi connectivity index (χ0v) is 6.13. The van der Waals surface area contributed by atoms with Gasteiger partial charge in [-0.15, -0.1) is 0 Å². The molecule has 0 bridgehead atoms. The molecule has 0 fully saturated rings. The van der Waals surface area contributed by atoms with Gasteiger partial charge in [0.15, 0.2) is 0 Å². The van der Waals surface area contributed by atoms with E-state index in [4.69, 9.17) is 0 Å². The fourth-order valence-electron chi connectivity index (χ4n) is 0.652. The zero-order chi connectivity index (χ0) is 7.28. The van der Waals surface area contributed by atoms with Crippen LogP contribution < -0.4 is 0 Å². The molecule has 1 atom stereocenters. The third-order valence-corrected chi connectivity index (χ3v) is 0.910. The number of carbonyl (C=O) groups is 1. The lowest BCUT2D eigenvalue weighted by molar-refractivity contribution is -0.133. The Hall–Kier alpha value is -0.570. The predicted molar refractivity (Wildman–Crippen MR) is 35.2 cm³/mol. The highest BCUT2D eigenvalue weighted by Gasteiger charge is 2.00. The molecule has 0 unspecified atom stereocenters. The van der Waals surface area contributed by atoms with Gasteiger partial charge in [0.1, 0.15) is 6.10 Å². The highest BCUT2D eigenvalue weighted by Crippen LogP contribution is 1.88. The molecule has 0 rings (SSSR count). The lowest BCUT2D eigenvalue weighted by Crippen LogP contribution is -2.25. The lowest BCUT2D eigenvalue weighted by Gasteiger charge is -2.14. The van der Waals surface area contributed by atoms with Crippen LogP contribution in [0.25, 0.3) is 0 Å². The van der Waals surface area contributed by atoms with Crippen molar-refractivity contribution in [3.8, 4) is 0 Å². The van der Waals surface area contributed by atoms with Crippen LogP contribution in [-0.4, -0.2) is 38.1 Å². The summed E-state index contributed by atoms with van der Waals surface area (Å²) >= 11 is 0. The maximum absolute atomic E-state index is 9.76. The van der Waals surface area contributed by atoms with Crippen molar-refractivity contribution in [1.29, 1.82) is 0 Å². The Balaban J connectivity index is 3.25. The van der Waals surface area contributed by atoms with Crippen molar-refractivity contribution >= 4 is 6.47 Å². The molecule has 9 heavy (non-hydrogen) atoms. The summed E-state index contributed by atoms with van der Waals surface area (Å²) in [7, 11) is 3.87. The smallest absolute Gasteiger partial charge is 0.293 e. The van der Waals surface area contributed by atoms with E-state index in [1.165, 1.54) is 0 Å². The second-order valence-corrected chi connectivity index (χ2v) is 2.31. The second kappa shape index (κ2) is 4.32. The Labute approximate surface area is 55.6 Å². The monoisotopic (exact) mass is 131 g/mol. The van der Waals surface area contributed by atoms with Crippen LogP contribution in [0.1, 0.15) is 6.92 Å². The van der Waals surface area contributed by atoms with Crippen molar-refractivity contribution in [3.63, 3.8) is 0 Å². The Morgan fingerprint density at radius 3 is 2.56 bits per heavy atom. The van der Waals surface area contributed by atoms with E-state index in [2.05, 4.69) is 4.74 Å². The van der Waals surface area contributed by atoms with Crippen molar-refractivity contribution < 1.29 is 9.53 Å². The zero-order valence-electron chi connectivity index (χ0n) is 6.13. The van der Waals surface area contributed by atoms with Gasteiger partial charge in [-0.2, -0.15) is 0 Å². The van der Waals surface area contributed by atoms with E-state index in [-0.39, 0.29) is 6.10 Å². The van der Waals surface area contributed by atoms with Gasteiger partial charge in [-0.25, -0.2) is 0 Å². The summed E-state index contributed by atoms with van der Waals surface area (Å²) in [6.07, 6.45) is -0.00231. The molecule has 0 N–H and O–H groups in total. The molecule has 0 heterocycles. The number of ether oxygens (including phenoxy) is 1. The first-order valence-corrected chi connectivity index (χ1v) is 2.90. The van der Waals surface area contributed by atoms with Gasteiger partial charge in [0, 0.05) is 6.54 Å². The van der Waals surface area contributed by atoms with E-state index in [0.717, 1.165) is 6.54 Å². The molecule has 0 aromatic rings. The fraction of sp³-hybridized carbons (Fsp3) is 0.833. The van der Waals surface area contributed by atoms with Crippen molar-refractivity contribution in [3.05, 3.63) is 0 Å². The molecule has 0 radical (unpaired) electrons. The van der Waals surface area contributed by atoms with Crippen molar-refractivity contribution in [2.45, 2.75) is 13.0 Å². The highest BCUT2D eigenvalue weighted by molar-refractivity contribution is 5.37. The minimum absolute atomic E-state index is 0.00231. The van der Waals surface area contributed by atoms with Gasteiger partial charge in [-0.3, -0.25) is 4.79 Å². The van der Waals surface area contributed by atoms with E-state index < -0.39 is 0 Å². The van der Waals surface area contributed by atoms with Gasteiger partial charge < -0.3 is 9.64 Å². The van der Waals surface area contributed by atoms with E-state index in [9.17, 15) is 4.79 Å². The Kier molecular flexibility index (Phi) is 4.05. The lowest BCUT2D eigenvalue weighted by atomic mass is 10.4. The van der Waals surface area contributed by atoms with Gasteiger partial charge in [-0.1, -0.05) is 0 Å². The molecule has 0 aromatic carbocycles. The Morgan fingerprint density at radius 2 is 2.22 bits per heavy atom. The van der Waals surface area contributed by atoms with Crippen molar-refractivity contribution in [1.82, 2.24) is 4.90 Å². The molecule has 0 amide bonds. The van der Waals surface area contributed by atoms with E-state index in [0.29, 0.717) is 6.47 Å². The fourth-order valence-corrected chi connectivity index (χ4v) is 0.652. The summed E-state index contributed by atoms with van der Waals surface area (Å²) in [5, 5.41) is 0. The number of nitrogens with zero attached hydrogens (tertiary/aromatic N) is 1. The SMILES string of the molecule is C[C@@H](CN(C)C)OC=O.